The second-order valence-corrected chi connectivity index (χ2v) is 13.8. The lowest BCUT2D eigenvalue weighted by Crippen LogP contribution is -1.96. The fourth-order valence-corrected chi connectivity index (χ4v) is 7.98. The highest BCUT2D eigenvalue weighted by Crippen LogP contribution is 2.38. The Kier molecular flexibility index (Phi) is 6.82. The highest BCUT2D eigenvalue weighted by Gasteiger charge is 2.16. The number of aromatic nitrogens is 3. The van der Waals surface area contributed by atoms with Crippen molar-refractivity contribution in [2.75, 3.05) is 0 Å². The van der Waals surface area contributed by atoms with Crippen LogP contribution in [-0.4, -0.2) is 14.5 Å². The summed E-state index contributed by atoms with van der Waals surface area (Å²) in [6.07, 6.45) is 0. The van der Waals surface area contributed by atoms with E-state index in [1.165, 1.54) is 21.8 Å². The first-order valence-corrected chi connectivity index (χ1v) is 18.2. The number of para-hydroxylation sites is 3. The van der Waals surface area contributed by atoms with Crippen LogP contribution in [0.1, 0.15) is 0 Å². The van der Waals surface area contributed by atoms with Gasteiger partial charge in [0.2, 0.25) is 0 Å². The molecule has 4 nitrogen and oxygen atoms in total. The first kappa shape index (κ1) is 30.3. The van der Waals surface area contributed by atoms with Crippen LogP contribution in [0.2, 0.25) is 0 Å². The molecule has 0 N–H and O–H groups in total. The number of furan rings is 1. The van der Waals surface area contributed by atoms with Gasteiger partial charge in [-0.1, -0.05) is 127 Å². The van der Waals surface area contributed by atoms with Gasteiger partial charge in [0.25, 0.3) is 0 Å². The maximum atomic E-state index is 6.07. The Hall–Kier alpha value is -7.30. The molecular formula is C50H31N3O. The molecule has 0 unspecified atom stereocenters. The molecule has 4 heteroatoms. The molecular weight excluding hydrogens is 659 g/mol. The van der Waals surface area contributed by atoms with Crippen molar-refractivity contribution < 1.29 is 4.42 Å². The Balaban J connectivity index is 1.01. The first-order chi connectivity index (χ1) is 26.7. The van der Waals surface area contributed by atoms with E-state index >= 15 is 0 Å². The van der Waals surface area contributed by atoms with Crippen LogP contribution >= 0.6 is 0 Å². The molecule has 0 saturated carbocycles. The summed E-state index contributed by atoms with van der Waals surface area (Å²) in [6, 6.07) is 66.2. The first-order valence-electron chi connectivity index (χ1n) is 18.2. The molecule has 3 aromatic heterocycles. The predicted molar refractivity (Wildman–Crippen MR) is 223 cm³/mol. The number of fused-ring (bicyclic) bond motifs is 7. The van der Waals surface area contributed by atoms with Gasteiger partial charge in [-0.3, -0.25) is 0 Å². The highest BCUT2D eigenvalue weighted by atomic mass is 16.3. The van der Waals surface area contributed by atoms with Crippen LogP contribution in [0.25, 0.3) is 105 Å². The van der Waals surface area contributed by atoms with Crippen LogP contribution < -0.4 is 0 Å². The molecule has 0 aliphatic rings. The lowest BCUT2D eigenvalue weighted by molar-refractivity contribution is 0.669. The van der Waals surface area contributed by atoms with Crippen LogP contribution in [0.4, 0.5) is 0 Å². The van der Waals surface area contributed by atoms with Crippen LogP contribution in [-0.2, 0) is 0 Å². The van der Waals surface area contributed by atoms with Gasteiger partial charge in [0.05, 0.1) is 22.2 Å². The Morgan fingerprint density at radius 3 is 1.76 bits per heavy atom. The van der Waals surface area contributed by atoms with Gasteiger partial charge in [-0.25, -0.2) is 9.97 Å². The lowest BCUT2D eigenvalue weighted by atomic mass is 9.98. The van der Waals surface area contributed by atoms with Crippen molar-refractivity contribution in [1.29, 1.82) is 0 Å². The summed E-state index contributed by atoms with van der Waals surface area (Å²) in [4.78, 5) is 10.4. The van der Waals surface area contributed by atoms with Crippen molar-refractivity contribution >= 4 is 54.6 Å². The van der Waals surface area contributed by atoms with E-state index in [9.17, 15) is 0 Å². The van der Waals surface area contributed by atoms with Crippen molar-refractivity contribution in [2.45, 2.75) is 0 Å². The Labute approximate surface area is 311 Å². The molecule has 0 bridgehead atoms. The minimum Gasteiger partial charge on any atom is -0.456 e. The third-order valence-corrected chi connectivity index (χ3v) is 10.6. The molecule has 11 aromatic rings. The summed E-state index contributed by atoms with van der Waals surface area (Å²) in [7, 11) is 0. The van der Waals surface area contributed by atoms with Gasteiger partial charge in [0, 0.05) is 43.7 Å². The summed E-state index contributed by atoms with van der Waals surface area (Å²) < 4.78 is 8.42. The zero-order chi connectivity index (χ0) is 35.6. The molecule has 252 valence electrons. The molecule has 0 aliphatic heterocycles. The van der Waals surface area contributed by atoms with Crippen molar-refractivity contribution in [3.63, 3.8) is 0 Å². The molecule has 0 amide bonds. The maximum Gasteiger partial charge on any atom is 0.160 e. The summed E-state index contributed by atoms with van der Waals surface area (Å²) in [5, 5.41) is 5.73. The fourth-order valence-electron chi connectivity index (χ4n) is 7.98. The molecule has 11 rings (SSSR count). The summed E-state index contributed by atoms with van der Waals surface area (Å²) in [6.45, 7) is 0. The van der Waals surface area contributed by atoms with E-state index in [-0.39, 0.29) is 0 Å². The van der Waals surface area contributed by atoms with Crippen molar-refractivity contribution in [2.24, 2.45) is 0 Å². The van der Waals surface area contributed by atoms with Crippen LogP contribution in [0.5, 0.6) is 0 Å². The van der Waals surface area contributed by atoms with Crippen LogP contribution in [0.3, 0.4) is 0 Å². The normalized spacial score (nSPS) is 11.7. The SMILES string of the molecule is c1ccc(-c2nc(-c3ccc(-c4ccc5oc6ccccc6c5c4)cc3)nc3ccc(-c4ccc5c(c4)c4ccccc4n5-c4ccccc4)cc23)cc1. The lowest BCUT2D eigenvalue weighted by Gasteiger charge is -2.12. The topological polar surface area (TPSA) is 43.9 Å². The van der Waals surface area contributed by atoms with Crippen molar-refractivity contribution in [1.82, 2.24) is 14.5 Å². The molecule has 0 spiro atoms. The van der Waals surface area contributed by atoms with E-state index in [0.717, 1.165) is 77.6 Å². The Bertz CT molecular complexity index is 3200. The van der Waals surface area contributed by atoms with E-state index < -0.39 is 0 Å². The van der Waals surface area contributed by atoms with Crippen molar-refractivity contribution in [3.05, 3.63) is 188 Å². The standard InChI is InChI=1S/C50H31N3O/c1-3-11-33(12-4-1)49-43-31-36(37-24-27-46-41(29-37)39-15-7-9-17-45(39)53(46)38-13-5-2-6-14-38)23-26-44(43)51-50(52-49)34-21-19-32(20-22-34)35-25-28-48-42(30-35)40-16-8-10-18-47(40)54-48/h1-31H. The summed E-state index contributed by atoms with van der Waals surface area (Å²) in [5.74, 6) is 0.701. The monoisotopic (exact) mass is 689 g/mol. The molecule has 8 aromatic carbocycles. The van der Waals surface area contributed by atoms with Gasteiger partial charge >= 0.3 is 0 Å². The van der Waals surface area contributed by atoms with E-state index in [1.54, 1.807) is 0 Å². The molecule has 0 fully saturated rings. The Morgan fingerprint density at radius 2 is 0.926 bits per heavy atom. The smallest absolute Gasteiger partial charge is 0.160 e. The minimum absolute atomic E-state index is 0.701. The number of nitrogens with zero attached hydrogens (tertiary/aromatic N) is 3. The average Bonchev–Trinajstić information content (AvgIpc) is 3.79. The third-order valence-electron chi connectivity index (χ3n) is 10.6. The highest BCUT2D eigenvalue weighted by molar-refractivity contribution is 6.11. The maximum absolute atomic E-state index is 6.07. The second-order valence-electron chi connectivity index (χ2n) is 13.8. The predicted octanol–water partition coefficient (Wildman–Crippen LogP) is 13.3. The van der Waals surface area contributed by atoms with Gasteiger partial charge in [-0.15, -0.1) is 0 Å². The number of benzene rings is 8. The number of rotatable bonds is 5. The third kappa shape index (κ3) is 4.92. The second kappa shape index (κ2) is 12.1. The van der Waals surface area contributed by atoms with Gasteiger partial charge in [0.1, 0.15) is 11.2 Å². The number of hydrogen-bond donors (Lipinski definition) is 0. The molecule has 3 heterocycles. The van der Waals surface area contributed by atoms with Gasteiger partial charge in [-0.05, 0) is 82.9 Å². The van der Waals surface area contributed by atoms with E-state index in [2.05, 4.69) is 174 Å². The quantitative estimate of drug-likeness (QED) is 0.181. The zero-order valence-corrected chi connectivity index (χ0v) is 29.1. The van der Waals surface area contributed by atoms with E-state index in [1.807, 2.05) is 18.2 Å². The van der Waals surface area contributed by atoms with Gasteiger partial charge in [0.15, 0.2) is 5.82 Å². The van der Waals surface area contributed by atoms with E-state index in [4.69, 9.17) is 14.4 Å². The number of hydrogen-bond acceptors (Lipinski definition) is 3. The minimum atomic E-state index is 0.701. The largest absolute Gasteiger partial charge is 0.456 e. The Morgan fingerprint density at radius 1 is 0.352 bits per heavy atom. The molecule has 0 aliphatic carbocycles. The molecule has 0 radical (unpaired) electrons. The van der Waals surface area contributed by atoms with Crippen LogP contribution in [0, 0.1) is 0 Å². The summed E-state index contributed by atoms with van der Waals surface area (Å²) in [5.41, 5.74) is 13.7. The molecule has 0 saturated heterocycles. The molecule has 54 heavy (non-hydrogen) atoms. The zero-order valence-electron chi connectivity index (χ0n) is 29.1. The van der Waals surface area contributed by atoms with Crippen molar-refractivity contribution in [3.8, 4) is 50.6 Å². The molecule has 0 atom stereocenters. The summed E-state index contributed by atoms with van der Waals surface area (Å²) >= 11 is 0. The van der Waals surface area contributed by atoms with Crippen LogP contribution in [0.15, 0.2) is 192 Å². The fraction of sp³-hybridized carbons (Fsp3) is 0. The van der Waals surface area contributed by atoms with Gasteiger partial charge < -0.3 is 8.98 Å². The average molecular weight is 690 g/mol. The van der Waals surface area contributed by atoms with Gasteiger partial charge in [-0.2, -0.15) is 0 Å². The van der Waals surface area contributed by atoms with E-state index in [0.29, 0.717) is 5.82 Å².